The van der Waals surface area contributed by atoms with Gasteiger partial charge in [0.25, 0.3) is 0 Å². The zero-order chi connectivity index (χ0) is 19.3. The lowest BCUT2D eigenvalue weighted by molar-refractivity contribution is 0.101. The standard InChI is InChI=1S/C25H20O3/c1-18-8-5-6-12-20(18)17-27-21-14-15-22-24(16-21)28-23(25(22)26)13-7-11-19-9-3-2-4-10-19/h2-16H,17H2,1H3/b11-7+,23-13+. The topological polar surface area (TPSA) is 35.5 Å². The van der Waals surface area contributed by atoms with E-state index in [1.54, 1.807) is 24.3 Å². The van der Waals surface area contributed by atoms with Crippen LogP contribution in [-0.4, -0.2) is 5.78 Å². The molecule has 0 unspecified atom stereocenters. The summed E-state index contributed by atoms with van der Waals surface area (Å²) in [6.45, 7) is 2.53. The molecule has 0 N–H and O–H groups in total. The summed E-state index contributed by atoms with van der Waals surface area (Å²) in [5, 5.41) is 0. The highest BCUT2D eigenvalue weighted by atomic mass is 16.5. The fraction of sp³-hybridized carbons (Fsp3) is 0.0800. The second-order valence-electron chi connectivity index (χ2n) is 6.61. The van der Waals surface area contributed by atoms with Gasteiger partial charge in [0.05, 0.1) is 5.56 Å². The fourth-order valence-corrected chi connectivity index (χ4v) is 3.02. The van der Waals surface area contributed by atoms with Crippen molar-refractivity contribution in [2.45, 2.75) is 13.5 Å². The smallest absolute Gasteiger partial charge is 0.231 e. The first-order chi connectivity index (χ1) is 13.7. The third-order valence-corrected chi connectivity index (χ3v) is 4.63. The van der Waals surface area contributed by atoms with Crippen LogP contribution in [0.1, 0.15) is 27.0 Å². The zero-order valence-corrected chi connectivity index (χ0v) is 15.6. The minimum Gasteiger partial charge on any atom is -0.489 e. The molecule has 3 aromatic rings. The first kappa shape index (κ1) is 17.8. The van der Waals surface area contributed by atoms with E-state index in [0.717, 1.165) is 11.1 Å². The summed E-state index contributed by atoms with van der Waals surface area (Å²) < 4.78 is 11.6. The molecule has 1 heterocycles. The van der Waals surface area contributed by atoms with Crippen LogP contribution in [0.25, 0.3) is 6.08 Å². The Morgan fingerprint density at radius 2 is 1.75 bits per heavy atom. The van der Waals surface area contributed by atoms with Gasteiger partial charge in [-0.15, -0.1) is 0 Å². The minimum absolute atomic E-state index is 0.113. The summed E-state index contributed by atoms with van der Waals surface area (Å²) in [6.07, 6.45) is 5.45. The zero-order valence-electron chi connectivity index (χ0n) is 15.6. The average Bonchev–Trinajstić information content (AvgIpc) is 3.03. The number of fused-ring (bicyclic) bond motifs is 1. The maximum atomic E-state index is 12.5. The van der Waals surface area contributed by atoms with Gasteiger partial charge in [-0.1, -0.05) is 66.7 Å². The third-order valence-electron chi connectivity index (χ3n) is 4.63. The van der Waals surface area contributed by atoms with E-state index in [-0.39, 0.29) is 5.78 Å². The van der Waals surface area contributed by atoms with E-state index in [1.165, 1.54) is 5.56 Å². The second-order valence-corrected chi connectivity index (χ2v) is 6.61. The van der Waals surface area contributed by atoms with Crippen molar-refractivity contribution in [2.75, 3.05) is 0 Å². The van der Waals surface area contributed by atoms with Crippen molar-refractivity contribution in [3.8, 4) is 11.5 Å². The third kappa shape index (κ3) is 3.89. The lowest BCUT2D eigenvalue weighted by atomic mass is 10.1. The number of hydrogen-bond donors (Lipinski definition) is 0. The van der Waals surface area contributed by atoms with Gasteiger partial charge in [0.15, 0.2) is 5.76 Å². The highest BCUT2D eigenvalue weighted by molar-refractivity contribution is 6.12. The molecule has 3 aromatic carbocycles. The van der Waals surface area contributed by atoms with Crippen molar-refractivity contribution in [2.24, 2.45) is 0 Å². The molecule has 0 saturated carbocycles. The molecule has 0 amide bonds. The van der Waals surface area contributed by atoms with Crippen molar-refractivity contribution in [3.63, 3.8) is 0 Å². The number of carbonyl (C=O) groups is 1. The van der Waals surface area contributed by atoms with Crippen molar-refractivity contribution >= 4 is 11.9 Å². The Bertz CT molecular complexity index is 1060. The number of ether oxygens (including phenoxy) is 2. The molecule has 0 atom stereocenters. The van der Waals surface area contributed by atoms with E-state index >= 15 is 0 Å². The Hall–Kier alpha value is -3.59. The quantitative estimate of drug-likeness (QED) is 0.538. The Morgan fingerprint density at radius 1 is 0.964 bits per heavy atom. The van der Waals surface area contributed by atoms with Gasteiger partial charge in [0.2, 0.25) is 5.78 Å². The molecule has 28 heavy (non-hydrogen) atoms. The van der Waals surface area contributed by atoms with Crippen LogP contribution in [0.3, 0.4) is 0 Å². The summed E-state index contributed by atoms with van der Waals surface area (Å²) in [5.74, 6) is 1.42. The van der Waals surface area contributed by atoms with E-state index in [9.17, 15) is 4.79 Å². The lowest BCUT2D eigenvalue weighted by Crippen LogP contribution is -1.98. The van der Waals surface area contributed by atoms with Gasteiger partial charge in [-0.2, -0.15) is 0 Å². The average molecular weight is 368 g/mol. The largest absolute Gasteiger partial charge is 0.489 e. The first-order valence-electron chi connectivity index (χ1n) is 9.18. The molecule has 0 aromatic heterocycles. The number of allylic oxidation sites excluding steroid dienone is 3. The van der Waals surface area contributed by atoms with Gasteiger partial charge in [0, 0.05) is 6.07 Å². The lowest BCUT2D eigenvalue weighted by Gasteiger charge is -2.09. The monoisotopic (exact) mass is 368 g/mol. The van der Waals surface area contributed by atoms with E-state index in [1.807, 2.05) is 60.7 Å². The molecule has 1 aliphatic heterocycles. The molecule has 3 heteroatoms. The molecule has 1 aliphatic rings. The summed E-state index contributed by atoms with van der Waals surface area (Å²) >= 11 is 0. The minimum atomic E-state index is -0.113. The molecular formula is C25H20O3. The van der Waals surface area contributed by atoms with Crippen LogP contribution in [-0.2, 0) is 6.61 Å². The molecule has 0 radical (unpaired) electrons. The van der Waals surface area contributed by atoms with Crippen LogP contribution in [0.5, 0.6) is 11.5 Å². The molecule has 138 valence electrons. The fourth-order valence-electron chi connectivity index (χ4n) is 3.02. The maximum absolute atomic E-state index is 12.5. The summed E-state index contributed by atoms with van der Waals surface area (Å²) in [5.41, 5.74) is 3.94. The molecule has 4 rings (SSSR count). The van der Waals surface area contributed by atoms with Gasteiger partial charge >= 0.3 is 0 Å². The Morgan fingerprint density at radius 3 is 2.57 bits per heavy atom. The van der Waals surface area contributed by atoms with Crippen LogP contribution in [0.15, 0.2) is 90.7 Å². The first-order valence-corrected chi connectivity index (χ1v) is 9.18. The summed E-state index contributed by atoms with van der Waals surface area (Å²) in [4.78, 5) is 12.5. The Kier molecular flexibility index (Phi) is 5.07. The SMILES string of the molecule is Cc1ccccc1COc1ccc2c(c1)O/C(=C/C=C/c1ccccc1)C2=O. The predicted molar refractivity (Wildman–Crippen MR) is 110 cm³/mol. The molecular weight excluding hydrogens is 348 g/mol. The Labute approximate surface area is 164 Å². The van der Waals surface area contributed by atoms with E-state index in [4.69, 9.17) is 9.47 Å². The summed E-state index contributed by atoms with van der Waals surface area (Å²) in [7, 11) is 0. The highest BCUT2D eigenvalue weighted by Crippen LogP contribution is 2.34. The van der Waals surface area contributed by atoms with Gasteiger partial charge in [-0.3, -0.25) is 4.79 Å². The number of carbonyl (C=O) groups excluding carboxylic acids is 1. The highest BCUT2D eigenvalue weighted by Gasteiger charge is 2.27. The molecule has 0 aliphatic carbocycles. The number of aryl methyl sites for hydroxylation is 1. The molecule has 0 spiro atoms. The number of rotatable bonds is 5. The predicted octanol–water partition coefficient (Wildman–Crippen LogP) is 5.75. The number of Topliss-reactive ketones (excluding diaryl/α,β-unsaturated/α-hetero) is 1. The van der Waals surface area contributed by atoms with Crippen LogP contribution < -0.4 is 9.47 Å². The van der Waals surface area contributed by atoms with Gasteiger partial charge in [-0.25, -0.2) is 0 Å². The van der Waals surface area contributed by atoms with Gasteiger partial charge in [-0.05, 0) is 41.8 Å². The maximum Gasteiger partial charge on any atom is 0.231 e. The summed E-state index contributed by atoms with van der Waals surface area (Å²) in [6, 6.07) is 23.3. The number of hydrogen-bond acceptors (Lipinski definition) is 3. The number of ketones is 1. The number of benzene rings is 3. The van der Waals surface area contributed by atoms with E-state index < -0.39 is 0 Å². The van der Waals surface area contributed by atoms with Crippen molar-refractivity contribution in [3.05, 3.63) is 113 Å². The van der Waals surface area contributed by atoms with Crippen LogP contribution >= 0.6 is 0 Å². The Balaban J connectivity index is 1.46. The van der Waals surface area contributed by atoms with Crippen LogP contribution in [0.2, 0.25) is 0 Å². The van der Waals surface area contributed by atoms with Crippen molar-refractivity contribution in [1.82, 2.24) is 0 Å². The van der Waals surface area contributed by atoms with Crippen molar-refractivity contribution < 1.29 is 14.3 Å². The normalized spacial score (nSPS) is 14.3. The van der Waals surface area contributed by atoms with E-state index in [0.29, 0.717) is 29.4 Å². The van der Waals surface area contributed by atoms with Gasteiger partial charge < -0.3 is 9.47 Å². The molecule has 0 fully saturated rings. The van der Waals surface area contributed by atoms with E-state index in [2.05, 4.69) is 13.0 Å². The van der Waals surface area contributed by atoms with Crippen LogP contribution in [0.4, 0.5) is 0 Å². The molecule has 3 nitrogen and oxygen atoms in total. The van der Waals surface area contributed by atoms with Crippen molar-refractivity contribution in [1.29, 1.82) is 0 Å². The van der Waals surface area contributed by atoms with Crippen LogP contribution in [0, 0.1) is 6.92 Å². The molecule has 0 bridgehead atoms. The second kappa shape index (κ2) is 7.97. The van der Waals surface area contributed by atoms with Gasteiger partial charge in [0.1, 0.15) is 18.1 Å². The molecule has 0 saturated heterocycles.